The van der Waals surface area contributed by atoms with Gasteiger partial charge in [-0.2, -0.15) is 0 Å². The second kappa shape index (κ2) is 22.5. The third kappa shape index (κ3) is 13.1. The molecule has 15 nitrogen and oxygen atoms in total. The predicted octanol–water partition coefficient (Wildman–Crippen LogP) is 6.54. The van der Waals surface area contributed by atoms with Crippen molar-refractivity contribution in [2.45, 2.75) is 89.9 Å². The number of nitrogens with one attached hydrogen (secondary N) is 2. The Kier molecular flexibility index (Phi) is 17.6. The van der Waals surface area contributed by atoms with Crippen LogP contribution < -0.4 is 39.1 Å². The molecule has 0 aromatic heterocycles. The summed E-state index contributed by atoms with van der Waals surface area (Å²) < 4.78 is 45.0. The summed E-state index contributed by atoms with van der Waals surface area (Å²) in [6.45, 7) is 7.70. The smallest absolute Gasteiger partial charge is 0.407 e. The van der Waals surface area contributed by atoms with E-state index in [4.69, 9.17) is 37.9 Å². The van der Waals surface area contributed by atoms with Gasteiger partial charge < -0.3 is 53.4 Å². The molecule has 1 fully saturated rings. The van der Waals surface area contributed by atoms with Gasteiger partial charge in [-0.1, -0.05) is 25.1 Å². The Bertz CT molecular complexity index is 1890. The number of likely N-dealkylation sites (tertiary alicyclic amines) is 1. The molecule has 1 heterocycles. The van der Waals surface area contributed by atoms with E-state index in [1.54, 1.807) is 70.2 Å². The van der Waals surface area contributed by atoms with Crippen molar-refractivity contribution < 1.29 is 57.1 Å². The number of rotatable bonds is 20. The van der Waals surface area contributed by atoms with E-state index in [1.807, 2.05) is 31.2 Å². The fourth-order valence-corrected chi connectivity index (χ4v) is 7.03. The van der Waals surface area contributed by atoms with Gasteiger partial charge >= 0.3 is 12.1 Å². The highest BCUT2D eigenvalue weighted by Crippen LogP contribution is 2.41. The Morgan fingerprint density at radius 2 is 1.47 bits per heavy atom. The fourth-order valence-electron chi connectivity index (χ4n) is 7.03. The average Bonchev–Trinajstić information content (AvgIpc) is 3.24. The van der Waals surface area contributed by atoms with Crippen LogP contribution in [0.3, 0.4) is 0 Å². The summed E-state index contributed by atoms with van der Waals surface area (Å²) >= 11 is 0. The summed E-state index contributed by atoms with van der Waals surface area (Å²) in [5.74, 6) is 1.19. The maximum atomic E-state index is 14.4. The van der Waals surface area contributed by atoms with Crippen molar-refractivity contribution >= 4 is 23.9 Å². The van der Waals surface area contributed by atoms with Crippen molar-refractivity contribution in [1.29, 1.82) is 0 Å². The zero-order valence-corrected chi connectivity index (χ0v) is 36.3. The SMILES string of the molecule is CC[C@H](C(=O)N1CCCC[C@H]1C(=O)OC(CCc1ccc(OC)c(OC)c1)c1cccc(OCC(=O)NCCNC(=O)OC(C)(C)C)c1)c1cc(OC)c(OC)c(OC)c1. The number of amides is 3. The van der Waals surface area contributed by atoms with Gasteiger partial charge in [0.2, 0.25) is 11.7 Å². The minimum atomic E-state index is -0.807. The van der Waals surface area contributed by atoms with E-state index in [0.717, 1.165) is 18.4 Å². The third-order valence-electron chi connectivity index (χ3n) is 9.97. The maximum Gasteiger partial charge on any atom is 0.407 e. The van der Waals surface area contributed by atoms with Crippen molar-refractivity contribution in [2.75, 3.05) is 61.8 Å². The molecule has 1 aliphatic heterocycles. The lowest BCUT2D eigenvalue weighted by atomic mass is 9.91. The molecule has 0 spiro atoms. The molecule has 3 amide bonds. The first-order chi connectivity index (χ1) is 28.7. The van der Waals surface area contributed by atoms with Gasteiger partial charge in [0.15, 0.2) is 29.6 Å². The second-order valence-corrected chi connectivity index (χ2v) is 15.3. The minimum absolute atomic E-state index is 0.178. The van der Waals surface area contributed by atoms with Crippen LogP contribution in [0, 0.1) is 0 Å². The van der Waals surface area contributed by atoms with Gasteiger partial charge in [-0.3, -0.25) is 9.59 Å². The number of carbonyl (C=O) groups excluding carboxylic acids is 4. The van der Waals surface area contributed by atoms with Crippen molar-refractivity contribution in [1.82, 2.24) is 15.5 Å². The molecule has 15 heteroatoms. The van der Waals surface area contributed by atoms with Crippen molar-refractivity contribution in [3.63, 3.8) is 0 Å². The number of alkyl carbamates (subject to hydrolysis) is 1. The van der Waals surface area contributed by atoms with Crippen molar-refractivity contribution in [3.05, 3.63) is 71.3 Å². The number of ether oxygens (including phenoxy) is 8. The van der Waals surface area contributed by atoms with Crippen LogP contribution in [0.1, 0.15) is 88.5 Å². The number of hydrogen-bond acceptors (Lipinski definition) is 12. The predicted molar refractivity (Wildman–Crippen MR) is 224 cm³/mol. The van der Waals surface area contributed by atoms with Crippen LogP contribution in [-0.4, -0.2) is 102 Å². The van der Waals surface area contributed by atoms with Gasteiger partial charge in [-0.05, 0) is 112 Å². The van der Waals surface area contributed by atoms with Crippen molar-refractivity contribution in [3.8, 4) is 34.5 Å². The molecule has 3 atom stereocenters. The number of hydrogen-bond donors (Lipinski definition) is 2. The first-order valence-corrected chi connectivity index (χ1v) is 20.2. The van der Waals surface area contributed by atoms with Crippen LogP contribution in [-0.2, 0) is 30.3 Å². The number of nitrogens with zero attached hydrogens (tertiary/aromatic N) is 1. The van der Waals surface area contributed by atoms with E-state index < -0.39 is 35.7 Å². The quantitative estimate of drug-likeness (QED) is 0.0933. The van der Waals surface area contributed by atoms with Gasteiger partial charge in [0.05, 0.1) is 41.5 Å². The van der Waals surface area contributed by atoms with Gasteiger partial charge in [0.1, 0.15) is 23.5 Å². The Labute approximate surface area is 353 Å². The highest BCUT2D eigenvalue weighted by atomic mass is 16.6. The van der Waals surface area contributed by atoms with E-state index in [9.17, 15) is 19.2 Å². The van der Waals surface area contributed by atoms with E-state index in [0.29, 0.717) is 77.9 Å². The molecule has 1 unspecified atom stereocenters. The number of methoxy groups -OCH3 is 5. The normalized spacial score (nSPS) is 14.8. The summed E-state index contributed by atoms with van der Waals surface area (Å²) in [7, 11) is 7.72. The summed E-state index contributed by atoms with van der Waals surface area (Å²) in [6, 6.07) is 15.4. The molecule has 0 saturated carbocycles. The molecule has 0 radical (unpaired) electrons. The molecular formula is C45H61N3O12. The molecule has 60 heavy (non-hydrogen) atoms. The number of piperidine rings is 1. The van der Waals surface area contributed by atoms with Crippen LogP contribution in [0.5, 0.6) is 34.5 Å². The summed E-state index contributed by atoms with van der Waals surface area (Å²) in [4.78, 5) is 54.9. The zero-order valence-electron chi connectivity index (χ0n) is 36.3. The highest BCUT2D eigenvalue weighted by molar-refractivity contribution is 5.89. The topological polar surface area (TPSA) is 169 Å². The van der Waals surface area contributed by atoms with Crippen molar-refractivity contribution in [2.24, 2.45) is 0 Å². The van der Waals surface area contributed by atoms with Crippen LogP contribution in [0.15, 0.2) is 54.6 Å². The summed E-state index contributed by atoms with van der Waals surface area (Å²) in [5.41, 5.74) is 1.64. The van der Waals surface area contributed by atoms with Gasteiger partial charge in [-0.15, -0.1) is 0 Å². The first-order valence-electron chi connectivity index (χ1n) is 20.2. The van der Waals surface area contributed by atoms with Gasteiger partial charge in [0.25, 0.3) is 5.91 Å². The summed E-state index contributed by atoms with van der Waals surface area (Å²) in [6.07, 6.45) is 2.00. The average molecular weight is 836 g/mol. The lowest BCUT2D eigenvalue weighted by Gasteiger charge is -2.37. The second-order valence-electron chi connectivity index (χ2n) is 15.3. The number of benzene rings is 3. The van der Waals surface area contributed by atoms with Crippen LogP contribution in [0.4, 0.5) is 4.79 Å². The Balaban J connectivity index is 1.53. The molecule has 3 aromatic rings. The number of aryl methyl sites for hydroxylation is 1. The van der Waals surface area contributed by atoms with Crippen LogP contribution in [0.2, 0.25) is 0 Å². The summed E-state index contributed by atoms with van der Waals surface area (Å²) in [5, 5.41) is 5.30. The van der Waals surface area contributed by atoms with E-state index >= 15 is 0 Å². The Morgan fingerprint density at radius 3 is 2.10 bits per heavy atom. The monoisotopic (exact) mass is 835 g/mol. The largest absolute Gasteiger partial charge is 0.493 e. The Hall–Kier alpha value is -5.86. The molecule has 1 aliphatic rings. The molecule has 4 rings (SSSR count). The molecule has 0 aliphatic carbocycles. The number of esters is 1. The fraction of sp³-hybridized carbons (Fsp3) is 0.511. The Morgan fingerprint density at radius 1 is 0.783 bits per heavy atom. The van der Waals surface area contributed by atoms with Crippen LogP contribution >= 0.6 is 0 Å². The highest BCUT2D eigenvalue weighted by Gasteiger charge is 2.38. The molecule has 2 N–H and O–H groups in total. The lowest BCUT2D eigenvalue weighted by Crippen LogP contribution is -2.50. The standard InChI is InChI=1S/C45H61N3O12/c1-10-33(31-26-38(55-7)41(57-9)39(27-31)56-8)42(50)48-23-12-11-16-34(48)43(51)59-35(19-17-29-18-20-36(53-5)37(24-29)54-6)30-14-13-15-32(25-30)58-28-40(49)46-21-22-47-44(52)60-45(2,3)4/h13-15,18,20,24-27,33-35H,10-12,16-17,19,21-23,28H2,1-9H3,(H,46,49)(H,47,52)/t33-,34-,35?/m0/s1. The number of carbonyl (C=O) groups is 4. The molecule has 0 bridgehead atoms. The first kappa shape index (κ1) is 46.8. The van der Waals surface area contributed by atoms with Gasteiger partial charge in [0, 0.05) is 19.6 Å². The van der Waals surface area contributed by atoms with E-state index in [1.165, 1.54) is 21.3 Å². The molecule has 1 saturated heterocycles. The third-order valence-corrected chi connectivity index (χ3v) is 9.97. The zero-order chi connectivity index (χ0) is 43.8. The van der Waals surface area contributed by atoms with Gasteiger partial charge in [-0.25, -0.2) is 9.59 Å². The van der Waals surface area contributed by atoms with Crippen LogP contribution in [0.25, 0.3) is 0 Å². The van der Waals surface area contributed by atoms with E-state index in [-0.39, 0.29) is 31.5 Å². The maximum absolute atomic E-state index is 14.4. The van der Waals surface area contributed by atoms with E-state index in [2.05, 4.69) is 10.6 Å². The minimum Gasteiger partial charge on any atom is -0.493 e. The lowest BCUT2D eigenvalue weighted by molar-refractivity contribution is -0.162. The molecular weight excluding hydrogens is 775 g/mol. The molecule has 3 aromatic carbocycles. The molecule has 328 valence electrons.